The van der Waals surface area contributed by atoms with Crippen LogP contribution in [0.2, 0.25) is 0 Å². The molecular formula is C13H12N4O3. The fourth-order valence-electron chi connectivity index (χ4n) is 2.28. The van der Waals surface area contributed by atoms with Crippen molar-refractivity contribution >= 4 is 22.6 Å². The summed E-state index contributed by atoms with van der Waals surface area (Å²) in [6.45, 7) is 0. The van der Waals surface area contributed by atoms with Gasteiger partial charge in [-0.1, -0.05) is 6.08 Å². The molecule has 0 aliphatic heterocycles. The molecule has 102 valence electrons. The lowest BCUT2D eigenvalue weighted by Gasteiger charge is -2.11. The topological polar surface area (TPSA) is 78.9 Å². The first kappa shape index (κ1) is 12.3. The van der Waals surface area contributed by atoms with Gasteiger partial charge in [0.1, 0.15) is 0 Å². The molecule has 1 aliphatic rings. The molecule has 0 atom stereocenters. The van der Waals surface area contributed by atoms with Crippen LogP contribution in [0.3, 0.4) is 0 Å². The molecule has 0 bridgehead atoms. The highest BCUT2D eigenvalue weighted by atomic mass is 16.2. The molecule has 0 aromatic carbocycles. The summed E-state index contributed by atoms with van der Waals surface area (Å²) < 4.78 is 3.85. The second kappa shape index (κ2) is 4.16. The van der Waals surface area contributed by atoms with E-state index >= 15 is 0 Å². The molecule has 2 aromatic heterocycles. The maximum atomic E-state index is 12.5. The van der Waals surface area contributed by atoms with E-state index in [-0.39, 0.29) is 17.9 Å². The molecule has 20 heavy (non-hydrogen) atoms. The van der Waals surface area contributed by atoms with Crippen LogP contribution in [-0.4, -0.2) is 24.5 Å². The molecule has 2 heterocycles. The molecule has 0 radical (unpaired) electrons. The molecule has 1 aliphatic carbocycles. The third-order valence-corrected chi connectivity index (χ3v) is 3.29. The van der Waals surface area contributed by atoms with E-state index in [4.69, 9.17) is 0 Å². The predicted octanol–water partition coefficient (Wildman–Crippen LogP) is -0.196. The smallest absolute Gasteiger partial charge is 0.328 e. The number of hydrogen-bond acceptors (Lipinski definition) is 4. The molecule has 0 saturated heterocycles. The summed E-state index contributed by atoms with van der Waals surface area (Å²) in [7, 11) is 3.23. The van der Waals surface area contributed by atoms with Crippen molar-refractivity contribution in [2.24, 2.45) is 14.1 Å². The Morgan fingerprint density at radius 1 is 1.20 bits per heavy atom. The number of aromatic nitrogens is 4. The van der Waals surface area contributed by atoms with Crippen LogP contribution in [0.4, 0.5) is 0 Å². The average molecular weight is 272 g/mol. The van der Waals surface area contributed by atoms with Gasteiger partial charge in [0.05, 0.1) is 12.0 Å². The fraction of sp³-hybridized carbons (Fsp3) is 0.231. The Morgan fingerprint density at radius 3 is 2.65 bits per heavy atom. The monoisotopic (exact) mass is 272 g/mol. The summed E-state index contributed by atoms with van der Waals surface area (Å²) in [6, 6.07) is 0. The lowest BCUT2D eigenvalue weighted by Crippen LogP contribution is -2.39. The zero-order chi connectivity index (χ0) is 14.4. The Kier molecular flexibility index (Phi) is 2.56. The van der Waals surface area contributed by atoms with Crippen molar-refractivity contribution in [3.8, 4) is 0 Å². The van der Waals surface area contributed by atoms with Crippen molar-refractivity contribution in [3.05, 3.63) is 45.4 Å². The van der Waals surface area contributed by atoms with Gasteiger partial charge in [0.15, 0.2) is 16.9 Å². The van der Waals surface area contributed by atoms with Crippen molar-refractivity contribution in [1.82, 2.24) is 18.7 Å². The number of allylic oxidation sites excluding steroid dienone is 4. The van der Waals surface area contributed by atoms with Crippen molar-refractivity contribution in [1.29, 1.82) is 0 Å². The highest BCUT2D eigenvalue weighted by Gasteiger charge is 2.18. The third-order valence-electron chi connectivity index (χ3n) is 3.29. The van der Waals surface area contributed by atoms with Crippen LogP contribution in [0.5, 0.6) is 0 Å². The lowest BCUT2D eigenvalue weighted by atomic mass is 10.1. The molecule has 7 heteroatoms. The standard InChI is InChI=1S/C13H12N4O3/c1-15-7-14-11-10(15)12(19)17(13(20)16(11)2)8-4-3-5-9(18)6-8/h3-4,6-7H,5H2,1-2H3. The van der Waals surface area contributed by atoms with Crippen LogP contribution in [0.15, 0.2) is 34.1 Å². The number of carbonyl (C=O) groups excluding carboxylic acids is 1. The molecule has 0 unspecified atom stereocenters. The van der Waals surface area contributed by atoms with Gasteiger partial charge in [0.25, 0.3) is 5.56 Å². The van der Waals surface area contributed by atoms with Gasteiger partial charge < -0.3 is 4.57 Å². The van der Waals surface area contributed by atoms with Crippen LogP contribution < -0.4 is 11.2 Å². The number of hydrogen-bond donors (Lipinski definition) is 0. The Hall–Kier alpha value is -2.70. The van der Waals surface area contributed by atoms with Crippen LogP contribution in [0.25, 0.3) is 16.9 Å². The van der Waals surface area contributed by atoms with E-state index in [9.17, 15) is 14.4 Å². The number of ketones is 1. The zero-order valence-corrected chi connectivity index (χ0v) is 11.0. The quantitative estimate of drug-likeness (QED) is 0.720. The van der Waals surface area contributed by atoms with Crippen LogP contribution in [0.1, 0.15) is 6.42 Å². The molecule has 3 rings (SSSR count). The first-order valence-corrected chi connectivity index (χ1v) is 6.05. The first-order valence-electron chi connectivity index (χ1n) is 6.05. The van der Waals surface area contributed by atoms with Gasteiger partial charge in [-0.15, -0.1) is 0 Å². The minimum absolute atomic E-state index is 0.137. The molecule has 0 amide bonds. The zero-order valence-electron chi connectivity index (χ0n) is 11.0. The van der Waals surface area contributed by atoms with Gasteiger partial charge in [0, 0.05) is 26.6 Å². The highest BCUT2D eigenvalue weighted by Crippen LogP contribution is 2.11. The van der Waals surface area contributed by atoms with Crippen molar-refractivity contribution in [3.63, 3.8) is 0 Å². The summed E-state index contributed by atoms with van der Waals surface area (Å²) in [4.78, 5) is 40.3. The van der Waals surface area contributed by atoms with Gasteiger partial charge in [-0.05, 0) is 6.08 Å². The van der Waals surface area contributed by atoms with Crippen molar-refractivity contribution < 1.29 is 4.79 Å². The summed E-state index contributed by atoms with van der Waals surface area (Å²) in [6.07, 6.45) is 6.31. The number of carbonyl (C=O) groups is 1. The van der Waals surface area contributed by atoms with Gasteiger partial charge in [0.2, 0.25) is 0 Å². The number of nitrogens with zero attached hydrogens (tertiary/aromatic N) is 4. The van der Waals surface area contributed by atoms with Crippen LogP contribution in [-0.2, 0) is 18.9 Å². The van der Waals surface area contributed by atoms with E-state index in [0.29, 0.717) is 11.2 Å². The van der Waals surface area contributed by atoms with E-state index < -0.39 is 11.2 Å². The molecule has 0 fully saturated rings. The molecule has 7 nitrogen and oxygen atoms in total. The number of imidazole rings is 1. The Bertz CT molecular complexity index is 908. The molecular weight excluding hydrogens is 260 g/mol. The van der Waals surface area contributed by atoms with E-state index in [0.717, 1.165) is 4.57 Å². The Morgan fingerprint density at radius 2 is 1.95 bits per heavy atom. The normalized spacial score (nSPS) is 14.9. The summed E-state index contributed by atoms with van der Waals surface area (Å²) in [5, 5.41) is 0. The largest absolute Gasteiger partial charge is 0.337 e. The minimum atomic E-state index is -0.521. The van der Waals surface area contributed by atoms with Gasteiger partial charge in [-0.25, -0.2) is 14.3 Å². The number of aryl methyl sites for hydroxylation is 2. The highest BCUT2D eigenvalue weighted by molar-refractivity contribution is 5.98. The SMILES string of the molecule is Cn1cnc2c1c(=O)n(C1=CC(=O)CC=C1)c(=O)n2C. The second-order valence-electron chi connectivity index (χ2n) is 4.65. The predicted molar refractivity (Wildman–Crippen MR) is 73.3 cm³/mol. The lowest BCUT2D eigenvalue weighted by molar-refractivity contribution is -0.113. The third kappa shape index (κ3) is 1.59. The number of rotatable bonds is 1. The first-order chi connectivity index (χ1) is 9.50. The van der Waals surface area contributed by atoms with E-state index in [1.807, 2.05) is 0 Å². The average Bonchev–Trinajstić information content (AvgIpc) is 2.79. The maximum absolute atomic E-state index is 12.5. The summed E-state index contributed by atoms with van der Waals surface area (Å²) in [5.74, 6) is -0.137. The maximum Gasteiger partial charge on any atom is 0.337 e. The van der Waals surface area contributed by atoms with Gasteiger partial charge in [-0.2, -0.15) is 0 Å². The Balaban J connectivity index is 2.46. The molecule has 2 aromatic rings. The van der Waals surface area contributed by atoms with Crippen LogP contribution in [0, 0.1) is 0 Å². The summed E-state index contributed by atoms with van der Waals surface area (Å²) in [5.41, 5.74) is -0.0691. The molecule has 0 spiro atoms. The van der Waals surface area contributed by atoms with Crippen molar-refractivity contribution in [2.45, 2.75) is 6.42 Å². The van der Waals surface area contributed by atoms with Crippen LogP contribution >= 0.6 is 0 Å². The fourth-order valence-corrected chi connectivity index (χ4v) is 2.28. The summed E-state index contributed by atoms with van der Waals surface area (Å²) >= 11 is 0. The molecule has 0 N–H and O–H groups in total. The van der Waals surface area contributed by atoms with Crippen molar-refractivity contribution in [2.75, 3.05) is 0 Å². The Labute approximate surface area is 113 Å². The second-order valence-corrected chi connectivity index (χ2v) is 4.65. The van der Waals surface area contributed by atoms with E-state index in [2.05, 4.69) is 4.98 Å². The number of fused-ring (bicyclic) bond motifs is 1. The van der Waals surface area contributed by atoms with E-state index in [1.165, 1.54) is 17.0 Å². The van der Waals surface area contributed by atoms with Gasteiger partial charge >= 0.3 is 5.69 Å². The molecule has 0 saturated carbocycles. The van der Waals surface area contributed by atoms with E-state index in [1.54, 1.807) is 30.8 Å². The van der Waals surface area contributed by atoms with Gasteiger partial charge in [-0.3, -0.25) is 14.2 Å². The minimum Gasteiger partial charge on any atom is -0.328 e.